The highest BCUT2D eigenvalue weighted by atomic mass is 19.1. The third kappa shape index (κ3) is 3.48. The summed E-state index contributed by atoms with van der Waals surface area (Å²) in [6.45, 7) is 8.75. The van der Waals surface area contributed by atoms with Crippen molar-refractivity contribution in [3.05, 3.63) is 41.7 Å². The van der Waals surface area contributed by atoms with Crippen LogP contribution >= 0.6 is 0 Å². The van der Waals surface area contributed by atoms with Gasteiger partial charge in [0.1, 0.15) is 17.8 Å². The van der Waals surface area contributed by atoms with Gasteiger partial charge in [0.25, 0.3) is 0 Å². The number of fused-ring (bicyclic) bond motifs is 2. The molecule has 1 saturated carbocycles. The highest BCUT2D eigenvalue weighted by molar-refractivity contribution is 5.76. The number of esters is 1. The predicted molar refractivity (Wildman–Crippen MR) is 116 cm³/mol. The van der Waals surface area contributed by atoms with E-state index in [1.807, 2.05) is 12.1 Å². The molecule has 0 amide bonds. The van der Waals surface area contributed by atoms with Gasteiger partial charge in [0, 0.05) is 23.4 Å². The number of quaternary nitrogens is 1. The average Bonchev–Trinajstić information content (AvgIpc) is 3.07. The summed E-state index contributed by atoms with van der Waals surface area (Å²) in [4.78, 5) is 16.5. The quantitative estimate of drug-likeness (QED) is 0.569. The Balaban J connectivity index is 1.27. The molecule has 1 aromatic carbocycles. The lowest BCUT2D eigenvalue weighted by atomic mass is 9.55. The Bertz CT molecular complexity index is 864. The fraction of sp³-hybridized carbons (Fsp3) is 0.640. The van der Waals surface area contributed by atoms with Gasteiger partial charge in [-0.2, -0.15) is 0 Å². The van der Waals surface area contributed by atoms with E-state index in [4.69, 9.17) is 4.74 Å². The molecule has 31 heavy (non-hydrogen) atoms. The number of carbonyl (C=O) groups is 1. The van der Waals surface area contributed by atoms with Gasteiger partial charge in [-0.1, -0.05) is 25.5 Å². The van der Waals surface area contributed by atoms with E-state index in [9.17, 15) is 14.3 Å². The van der Waals surface area contributed by atoms with Crippen molar-refractivity contribution in [3.63, 3.8) is 0 Å². The van der Waals surface area contributed by atoms with Crippen LogP contribution in [-0.4, -0.2) is 56.0 Å². The van der Waals surface area contributed by atoms with Crippen molar-refractivity contribution in [1.29, 1.82) is 0 Å². The standard InChI is InChI=1S/C25H33FN2O3/c1-16-4-3-5-17-14-21-22(23(29)25(16,17)2)20(24(30)31-21)15-27-10-12-28(13-11-27)19-8-6-18(26)7-9-19/h5-9,16,20-23,29H,3-4,10-15H2,1-2H3/p+1/t16-,20-,21-,22-,23+,25-/m1/s1. The van der Waals surface area contributed by atoms with Crippen molar-refractivity contribution in [3.8, 4) is 0 Å². The molecule has 3 fully saturated rings. The number of piperazine rings is 1. The number of ether oxygens (including phenoxy) is 1. The highest BCUT2D eigenvalue weighted by Crippen LogP contribution is 2.55. The summed E-state index contributed by atoms with van der Waals surface area (Å²) in [5.41, 5.74) is 2.08. The van der Waals surface area contributed by atoms with Gasteiger partial charge in [-0.05, 0) is 43.0 Å². The fourth-order valence-corrected chi connectivity index (χ4v) is 6.55. The van der Waals surface area contributed by atoms with E-state index in [0.29, 0.717) is 5.92 Å². The van der Waals surface area contributed by atoms with Crippen molar-refractivity contribution in [2.75, 3.05) is 37.6 Å². The molecule has 0 spiro atoms. The third-order valence-corrected chi connectivity index (χ3v) is 8.74. The zero-order valence-corrected chi connectivity index (χ0v) is 18.5. The van der Waals surface area contributed by atoms with Crippen LogP contribution in [0.4, 0.5) is 10.1 Å². The number of anilines is 1. The van der Waals surface area contributed by atoms with Crippen LogP contribution in [0, 0.1) is 29.0 Å². The van der Waals surface area contributed by atoms with Crippen LogP contribution < -0.4 is 9.80 Å². The lowest BCUT2D eigenvalue weighted by Gasteiger charge is -2.51. The normalized spacial score (nSPS) is 38.3. The lowest BCUT2D eigenvalue weighted by molar-refractivity contribution is -0.903. The molecule has 6 heteroatoms. The summed E-state index contributed by atoms with van der Waals surface area (Å²) in [6.07, 6.45) is 4.47. The number of aliphatic hydroxyl groups is 1. The molecule has 5 nitrogen and oxygen atoms in total. The van der Waals surface area contributed by atoms with Crippen molar-refractivity contribution in [2.45, 2.75) is 45.3 Å². The lowest BCUT2D eigenvalue weighted by Crippen LogP contribution is -3.15. The second kappa shape index (κ2) is 7.89. The molecule has 0 radical (unpaired) electrons. The van der Waals surface area contributed by atoms with Crippen LogP contribution in [-0.2, 0) is 9.53 Å². The number of hydrogen-bond donors (Lipinski definition) is 2. The Morgan fingerprint density at radius 1 is 1.26 bits per heavy atom. The van der Waals surface area contributed by atoms with Gasteiger partial charge in [-0.15, -0.1) is 0 Å². The molecule has 2 aliphatic heterocycles. The minimum atomic E-state index is -0.538. The molecule has 0 unspecified atom stereocenters. The molecule has 2 N–H and O–H groups in total. The van der Waals surface area contributed by atoms with Gasteiger partial charge in [-0.25, -0.2) is 4.39 Å². The van der Waals surface area contributed by atoms with E-state index in [1.54, 1.807) is 0 Å². The molecule has 1 aromatic rings. The van der Waals surface area contributed by atoms with Crippen LogP contribution in [0.2, 0.25) is 0 Å². The number of aliphatic hydroxyl groups excluding tert-OH is 1. The first-order chi connectivity index (χ1) is 14.9. The molecule has 0 aromatic heterocycles. The molecule has 6 atom stereocenters. The van der Waals surface area contributed by atoms with Gasteiger partial charge in [0.05, 0.1) is 38.8 Å². The van der Waals surface area contributed by atoms with Gasteiger partial charge in [-0.3, -0.25) is 4.79 Å². The van der Waals surface area contributed by atoms with Crippen molar-refractivity contribution < 1.29 is 23.9 Å². The van der Waals surface area contributed by atoms with Crippen LogP contribution in [0.15, 0.2) is 35.9 Å². The van der Waals surface area contributed by atoms with Crippen molar-refractivity contribution >= 4 is 11.7 Å². The fourth-order valence-electron chi connectivity index (χ4n) is 6.55. The maximum atomic E-state index is 13.2. The Labute approximate surface area is 183 Å². The number of nitrogens with zero attached hydrogens (tertiary/aromatic N) is 1. The van der Waals surface area contributed by atoms with Crippen LogP contribution in [0.3, 0.4) is 0 Å². The summed E-state index contributed by atoms with van der Waals surface area (Å²) < 4.78 is 19.0. The zero-order valence-electron chi connectivity index (χ0n) is 18.5. The summed E-state index contributed by atoms with van der Waals surface area (Å²) >= 11 is 0. The Hall–Kier alpha value is -1.92. The first-order valence-corrected chi connectivity index (χ1v) is 11.8. The van der Waals surface area contributed by atoms with E-state index in [2.05, 4.69) is 24.8 Å². The number of hydrogen-bond acceptors (Lipinski definition) is 4. The van der Waals surface area contributed by atoms with E-state index in [0.717, 1.165) is 57.7 Å². The molecular weight excluding hydrogens is 395 g/mol. The largest absolute Gasteiger partial charge is 0.461 e. The molecule has 168 valence electrons. The third-order valence-electron chi connectivity index (χ3n) is 8.74. The average molecular weight is 430 g/mol. The van der Waals surface area contributed by atoms with Crippen LogP contribution in [0.5, 0.6) is 0 Å². The maximum Gasteiger partial charge on any atom is 0.315 e. The molecule has 2 aliphatic carbocycles. The second-order valence-electron chi connectivity index (χ2n) is 10.2. The number of carbonyl (C=O) groups excluding carboxylic acids is 1. The topological polar surface area (TPSA) is 54.2 Å². The van der Waals surface area contributed by atoms with Gasteiger partial charge < -0.3 is 19.6 Å². The van der Waals surface area contributed by atoms with Gasteiger partial charge in [0.15, 0.2) is 0 Å². The van der Waals surface area contributed by atoms with E-state index in [1.165, 1.54) is 22.6 Å². The summed E-state index contributed by atoms with van der Waals surface area (Å²) in [7, 11) is 0. The smallest absolute Gasteiger partial charge is 0.315 e. The maximum absolute atomic E-state index is 13.2. The summed E-state index contributed by atoms with van der Waals surface area (Å²) in [6, 6.07) is 6.66. The number of nitrogens with one attached hydrogen (secondary N) is 1. The molecule has 2 saturated heterocycles. The molecule has 4 aliphatic rings. The number of allylic oxidation sites excluding steroid dienone is 1. The molecular formula is C25H34FN2O3+. The number of benzene rings is 1. The van der Waals surface area contributed by atoms with Gasteiger partial charge in [0.2, 0.25) is 0 Å². The van der Waals surface area contributed by atoms with E-state index < -0.39 is 6.10 Å². The minimum absolute atomic E-state index is 0.113. The molecule has 5 rings (SSSR count). The summed E-state index contributed by atoms with van der Waals surface area (Å²) in [5.74, 6) is -0.283. The predicted octanol–water partition coefficient (Wildman–Crippen LogP) is 1.82. The Morgan fingerprint density at radius 2 is 1.97 bits per heavy atom. The number of rotatable bonds is 3. The highest BCUT2D eigenvalue weighted by Gasteiger charge is 2.60. The SMILES string of the molecule is C[C@@H]1CCC=C2C[C@H]3OC(=O)[C@H](C[NH+]4CCN(c5ccc(F)cc5)CC4)[C@H]3[C@H](O)[C@@]21C. The molecule has 2 heterocycles. The van der Waals surface area contributed by atoms with Crippen LogP contribution in [0.25, 0.3) is 0 Å². The zero-order chi connectivity index (χ0) is 21.8. The number of halogens is 1. The van der Waals surface area contributed by atoms with E-state index in [-0.39, 0.29) is 35.1 Å². The van der Waals surface area contributed by atoms with Gasteiger partial charge >= 0.3 is 5.97 Å². The Morgan fingerprint density at radius 3 is 2.68 bits per heavy atom. The van der Waals surface area contributed by atoms with Crippen molar-refractivity contribution in [2.24, 2.45) is 23.2 Å². The molecule has 0 bridgehead atoms. The first kappa shape index (κ1) is 21.0. The minimum Gasteiger partial charge on any atom is -0.461 e. The first-order valence-electron chi connectivity index (χ1n) is 11.8. The van der Waals surface area contributed by atoms with Crippen LogP contribution in [0.1, 0.15) is 33.1 Å². The van der Waals surface area contributed by atoms with Crippen molar-refractivity contribution in [1.82, 2.24) is 0 Å². The second-order valence-corrected chi connectivity index (χ2v) is 10.2. The van der Waals surface area contributed by atoms with E-state index >= 15 is 0 Å². The summed E-state index contributed by atoms with van der Waals surface area (Å²) in [5, 5.41) is 11.5. The Kier molecular flexibility index (Phi) is 5.33. The monoisotopic (exact) mass is 429 g/mol.